The fourth-order valence-corrected chi connectivity index (χ4v) is 3.18. The first-order valence-electron chi connectivity index (χ1n) is 7.23. The fourth-order valence-electron chi connectivity index (χ4n) is 3.18. The summed E-state index contributed by atoms with van der Waals surface area (Å²) in [6.45, 7) is 6.29. The molecule has 4 N–H and O–H groups in total. The highest BCUT2D eigenvalue weighted by molar-refractivity contribution is 5.98. The number of ether oxygens (including phenoxy) is 1. The number of carbonyl (C=O) groups excluding carboxylic acids is 1. The van der Waals surface area contributed by atoms with E-state index in [-0.39, 0.29) is 12.1 Å². The van der Waals surface area contributed by atoms with Gasteiger partial charge in [-0.1, -0.05) is 13.8 Å². The summed E-state index contributed by atoms with van der Waals surface area (Å²) in [5.41, 5.74) is 13.7. The summed E-state index contributed by atoms with van der Waals surface area (Å²) in [6.07, 6.45) is 3.05. The summed E-state index contributed by atoms with van der Waals surface area (Å²) in [7, 11) is 0. The predicted octanol–water partition coefficient (Wildman–Crippen LogP) is 3.14. The van der Waals surface area contributed by atoms with Crippen molar-refractivity contribution in [2.75, 3.05) is 11.5 Å². The minimum Gasteiger partial charge on any atom is -0.459 e. The van der Waals surface area contributed by atoms with Gasteiger partial charge in [0.05, 0.1) is 16.9 Å². The van der Waals surface area contributed by atoms with E-state index in [1.165, 1.54) is 6.42 Å². The van der Waals surface area contributed by atoms with Gasteiger partial charge >= 0.3 is 5.97 Å². The number of rotatable bonds is 2. The van der Waals surface area contributed by atoms with Crippen molar-refractivity contribution in [3.05, 3.63) is 23.3 Å². The SMILES string of the molecule is Cc1cc(N)c(N)c(C(=O)OC2CC(C)CC(C)C2)c1. The number of benzene rings is 1. The van der Waals surface area contributed by atoms with Crippen LogP contribution >= 0.6 is 0 Å². The molecule has 0 aliphatic heterocycles. The maximum Gasteiger partial charge on any atom is 0.340 e. The van der Waals surface area contributed by atoms with Gasteiger partial charge in [0.1, 0.15) is 6.10 Å². The largest absolute Gasteiger partial charge is 0.459 e. The van der Waals surface area contributed by atoms with Crippen molar-refractivity contribution in [3.8, 4) is 0 Å². The molecule has 0 radical (unpaired) electrons. The maximum atomic E-state index is 12.3. The number of nitrogen functional groups attached to an aromatic ring is 2. The molecule has 2 rings (SSSR count). The summed E-state index contributed by atoms with van der Waals surface area (Å²) in [5.74, 6) is 0.831. The molecular formula is C16H24N2O2. The molecule has 1 saturated carbocycles. The van der Waals surface area contributed by atoms with E-state index in [2.05, 4.69) is 13.8 Å². The Hall–Kier alpha value is -1.71. The highest BCUT2D eigenvalue weighted by Gasteiger charge is 2.27. The Morgan fingerprint density at radius 2 is 1.75 bits per heavy atom. The predicted molar refractivity (Wildman–Crippen MR) is 81.4 cm³/mol. The molecule has 1 aliphatic carbocycles. The van der Waals surface area contributed by atoms with Crippen LogP contribution in [0.4, 0.5) is 11.4 Å². The number of nitrogens with two attached hydrogens (primary N) is 2. The van der Waals surface area contributed by atoms with Crippen LogP contribution in [0.25, 0.3) is 0 Å². The summed E-state index contributed by atoms with van der Waals surface area (Å²) in [5, 5.41) is 0. The average Bonchev–Trinajstić information content (AvgIpc) is 2.32. The Balaban J connectivity index is 2.12. The molecule has 20 heavy (non-hydrogen) atoms. The van der Waals surface area contributed by atoms with Gasteiger partial charge in [-0.05, 0) is 55.7 Å². The Morgan fingerprint density at radius 3 is 2.35 bits per heavy atom. The molecule has 0 amide bonds. The summed E-state index contributed by atoms with van der Waals surface area (Å²) in [6, 6.07) is 3.50. The van der Waals surface area contributed by atoms with Crippen molar-refractivity contribution < 1.29 is 9.53 Å². The monoisotopic (exact) mass is 276 g/mol. The zero-order valence-corrected chi connectivity index (χ0v) is 12.5. The van der Waals surface area contributed by atoms with Gasteiger partial charge < -0.3 is 16.2 Å². The highest BCUT2D eigenvalue weighted by Crippen LogP contribution is 2.31. The van der Waals surface area contributed by atoms with Crippen molar-refractivity contribution in [1.82, 2.24) is 0 Å². The second-order valence-electron chi connectivity index (χ2n) is 6.26. The lowest BCUT2D eigenvalue weighted by molar-refractivity contribution is 0.00817. The van der Waals surface area contributed by atoms with E-state index >= 15 is 0 Å². The third kappa shape index (κ3) is 3.24. The van der Waals surface area contributed by atoms with Crippen LogP contribution < -0.4 is 11.5 Å². The zero-order valence-electron chi connectivity index (χ0n) is 12.5. The van der Waals surface area contributed by atoms with Crippen molar-refractivity contribution in [2.24, 2.45) is 11.8 Å². The van der Waals surface area contributed by atoms with Crippen molar-refractivity contribution in [1.29, 1.82) is 0 Å². The first kappa shape index (κ1) is 14.7. The molecule has 110 valence electrons. The average molecular weight is 276 g/mol. The van der Waals surface area contributed by atoms with Crippen LogP contribution in [0, 0.1) is 18.8 Å². The Morgan fingerprint density at radius 1 is 1.15 bits per heavy atom. The number of carbonyl (C=O) groups is 1. The molecule has 4 heteroatoms. The molecule has 1 aromatic carbocycles. The third-order valence-corrected chi connectivity index (χ3v) is 3.99. The zero-order chi connectivity index (χ0) is 14.9. The van der Waals surface area contributed by atoms with Gasteiger partial charge in [0.25, 0.3) is 0 Å². The molecule has 2 unspecified atom stereocenters. The molecule has 0 bridgehead atoms. The van der Waals surface area contributed by atoms with Gasteiger partial charge in [0.2, 0.25) is 0 Å². The lowest BCUT2D eigenvalue weighted by Crippen LogP contribution is -2.28. The van der Waals surface area contributed by atoms with E-state index in [1.54, 1.807) is 12.1 Å². The molecule has 1 fully saturated rings. The summed E-state index contributed by atoms with van der Waals surface area (Å²) in [4.78, 5) is 12.3. The normalized spacial score (nSPS) is 26.2. The van der Waals surface area contributed by atoms with Crippen LogP contribution in [0.1, 0.15) is 49.0 Å². The summed E-state index contributed by atoms with van der Waals surface area (Å²) >= 11 is 0. The molecule has 1 aliphatic rings. The maximum absolute atomic E-state index is 12.3. The van der Waals surface area contributed by atoms with Crippen LogP contribution in [0.3, 0.4) is 0 Å². The number of anilines is 2. The molecule has 0 heterocycles. The molecule has 0 saturated heterocycles. The van der Waals surface area contributed by atoms with Crippen LogP contribution in [-0.4, -0.2) is 12.1 Å². The van der Waals surface area contributed by atoms with Crippen molar-refractivity contribution >= 4 is 17.3 Å². The first-order chi connectivity index (χ1) is 9.36. The van der Waals surface area contributed by atoms with E-state index < -0.39 is 0 Å². The second-order valence-corrected chi connectivity index (χ2v) is 6.26. The van der Waals surface area contributed by atoms with Crippen molar-refractivity contribution in [3.63, 3.8) is 0 Å². The number of aryl methyl sites for hydroxylation is 1. The molecule has 2 atom stereocenters. The van der Waals surface area contributed by atoms with Gasteiger partial charge in [-0.15, -0.1) is 0 Å². The lowest BCUT2D eigenvalue weighted by atomic mass is 9.82. The number of hydrogen-bond donors (Lipinski definition) is 2. The van der Waals surface area contributed by atoms with Gasteiger partial charge in [-0.2, -0.15) is 0 Å². The molecule has 1 aromatic rings. The van der Waals surface area contributed by atoms with Gasteiger partial charge in [0.15, 0.2) is 0 Å². The Labute approximate surface area is 120 Å². The second kappa shape index (κ2) is 5.73. The van der Waals surface area contributed by atoms with E-state index in [9.17, 15) is 4.79 Å². The van der Waals surface area contributed by atoms with Crippen LogP contribution in [0.5, 0.6) is 0 Å². The number of esters is 1. The standard InChI is InChI=1S/C16H24N2O2/c1-9-4-10(2)6-12(5-9)20-16(19)13-7-11(3)8-14(17)15(13)18/h7-10,12H,4-6,17-18H2,1-3H3. The van der Waals surface area contributed by atoms with Crippen LogP contribution in [0.2, 0.25) is 0 Å². The van der Waals surface area contributed by atoms with Gasteiger partial charge in [0, 0.05) is 0 Å². The molecule has 4 nitrogen and oxygen atoms in total. The topological polar surface area (TPSA) is 78.3 Å². The quantitative estimate of drug-likeness (QED) is 0.642. The number of hydrogen-bond acceptors (Lipinski definition) is 4. The molecular weight excluding hydrogens is 252 g/mol. The van der Waals surface area contributed by atoms with E-state index in [0.717, 1.165) is 18.4 Å². The first-order valence-corrected chi connectivity index (χ1v) is 7.23. The van der Waals surface area contributed by atoms with E-state index in [0.29, 0.717) is 28.8 Å². The van der Waals surface area contributed by atoms with E-state index in [1.807, 2.05) is 6.92 Å². The Kier molecular flexibility index (Phi) is 4.21. The lowest BCUT2D eigenvalue weighted by Gasteiger charge is -2.31. The minimum atomic E-state index is -0.357. The van der Waals surface area contributed by atoms with Crippen molar-refractivity contribution in [2.45, 2.75) is 46.1 Å². The highest BCUT2D eigenvalue weighted by atomic mass is 16.5. The fraction of sp³-hybridized carbons (Fsp3) is 0.562. The van der Waals surface area contributed by atoms with Gasteiger partial charge in [-0.3, -0.25) is 0 Å². The van der Waals surface area contributed by atoms with Crippen LogP contribution in [0.15, 0.2) is 12.1 Å². The smallest absolute Gasteiger partial charge is 0.340 e. The minimum absolute atomic E-state index is 0.0117. The molecule has 0 spiro atoms. The summed E-state index contributed by atoms with van der Waals surface area (Å²) < 4.78 is 5.63. The van der Waals surface area contributed by atoms with Crippen LogP contribution in [-0.2, 0) is 4.74 Å². The molecule has 0 aromatic heterocycles. The Bertz CT molecular complexity index is 503. The third-order valence-electron chi connectivity index (χ3n) is 3.99. The van der Waals surface area contributed by atoms with E-state index in [4.69, 9.17) is 16.2 Å². The van der Waals surface area contributed by atoms with Gasteiger partial charge in [-0.25, -0.2) is 4.79 Å².